The third-order valence-electron chi connectivity index (χ3n) is 2.61. The van der Waals surface area contributed by atoms with Crippen molar-refractivity contribution < 1.29 is 9.53 Å². The predicted molar refractivity (Wildman–Crippen MR) is 58.8 cm³/mol. The van der Waals surface area contributed by atoms with E-state index in [0.717, 1.165) is 4.68 Å². The highest BCUT2D eigenvalue weighted by Crippen LogP contribution is 2.18. The summed E-state index contributed by atoms with van der Waals surface area (Å²) in [7, 11) is 0. The first-order chi connectivity index (χ1) is 8.06. The summed E-state index contributed by atoms with van der Waals surface area (Å²) in [5.41, 5.74) is -1.13. The van der Waals surface area contributed by atoms with E-state index in [-0.39, 0.29) is 12.6 Å². The largest absolute Gasteiger partial charge is 0.464 e. The van der Waals surface area contributed by atoms with Crippen molar-refractivity contribution in [3.8, 4) is 0 Å². The minimum absolute atomic E-state index is 0.224. The molecule has 0 radical (unpaired) electrons. The second-order valence-corrected chi connectivity index (χ2v) is 3.75. The van der Waals surface area contributed by atoms with Gasteiger partial charge in [0.05, 0.1) is 12.6 Å². The van der Waals surface area contributed by atoms with Gasteiger partial charge < -0.3 is 4.74 Å². The topological polar surface area (TPSA) is 86.1 Å². The van der Waals surface area contributed by atoms with E-state index in [4.69, 9.17) is 4.74 Å². The summed E-state index contributed by atoms with van der Waals surface area (Å²) in [5, 5.41) is 0. The van der Waals surface area contributed by atoms with Gasteiger partial charge in [0.2, 0.25) is 0 Å². The molecule has 2 unspecified atom stereocenters. The van der Waals surface area contributed by atoms with Gasteiger partial charge in [0, 0.05) is 0 Å². The number of nitrogens with one attached hydrogen (secondary N) is 1. The molecule has 1 aromatic heterocycles. The number of esters is 1. The third-order valence-corrected chi connectivity index (χ3v) is 2.61. The summed E-state index contributed by atoms with van der Waals surface area (Å²) in [6.07, 6.45) is 3.26. The summed E-state index contributed by atoms with van der Waals surface area (Å²) < 4.78 is 7.16. The van der Waals surface area contributed by atoms with Crippen molar-refractivity contribution in [1.82, 2.24) is 14.3 Å². The number of carbonyl (C=O) groups excluding carboxylic acids is 1. The number of fused-ring (bicyclic) bond motifs is 1. The maximum absolute atomic E-state index is 11.7. The number of aromatic amines is 1. The van der Waals surface area contributed by atoms with Gasteiger partial charge in [0.1, 0.15) is 0 Å². The highest BCUT2D eigenvalue weighted by Gasteiger charge is 2.29. The molecule has 2 rings (SSSR count). The fourth-order valence-corrected chi connectivity index (χ4v) is 1.88. The average molecular weight is 239 g/mol. The van der Waals surface area contributed by atoms with Crippen LogP contribution in [0.1, 0.15) is 25.9 Å². The van der Waals surface area contributed by atoms with Gasteiger partial charge in [-0.05, 0) is 13.8 Å². The second kappa shape index (κ2) is 4.08. The van der Waals surface area contributed by atoms with Crippen LogP contribution in [0.4, 0.5) is 0 Å². The fraction of sp³-hybridized carbons (Fsp3) is 0.500. The molecule has 2 atom stereocenters. The Bertz CT molecular complexity index is 577. The number of carbonyl (C=O) groups is 1. The summed E-state index contributed by atoms with van der Waals surface area (Å²) in [5.74, 6) is -0.550. The highest BCUT2D eigenvalue weighted by atomic mass is 16.5. The Morgan fingerprint density at radius 1 is 1.35 bits per heavy atom. The number of ether oxygens (including phenoxy) is 1. The van der Waals surface area contributed by atoms with Gasteiger partial charge in [-0.3, -0.25) is 4.98 Å². The Labute approximate surface area is 96.3 Å². The predicted octanol–water partition coefficient (Wildman–Crippen LogP) is -0.427. The van der Waals surface area contributed by atoms with Crippen LogP contribution < -0.4 is 11.4 Å². The molecule has 1 N–H and O–H groups in total. The molecule has 17 heavy (non-hydrogen) atoms. The molecular weight excluding hydrogens is 226 g/mol. The molecule has 0 aromatic carbocycles. The molecule has 0 saturated heterocycles. The van der Waals surface area contributed by atoms with Gasteiger partial charge in [-0.25, -0.2) is 23.7 Å². The average Bonchev–Trinajstić information content (AvgIpc) is 2.56. The number of hydrogen-bond donors (Lipinski definition) is 1. The molecule has 0 fully saturated rings. The van der Waals surface area contributed by atoms with E-state index in [0.29, 0.717) is 0 Å². The van der Waals surface area contributed by atoms with Crippen LogP contribution in [0.2, 0.25) is 0 Å². The van der Waals surface area contributed by atoms with Crippen molar-refractivity contribution in [2.24, 2.45) is 0 Å². The van der Waals surface area contributed by atoms with Crippen molar-refractivity contribution in [3.63, 3.8) is 0 Å². The van der Waals surface area contributed by atoms with Crippen LogP contribution in [0, 0.1) is 0 Å². The van der Waals surface area contributed by atoms with E-state index < -0.39 is 23.4 Å². The summed E-state index contributed by atoms with van der Waals surface area (Å²) >= 11 is 0. The van der Waals surface area contributed by atoms with Crippen molar-refractivity contribution in [1.29, 1.82) is 0 Å². The first kappa shape index (κ1) is 11.4. The molecule has 1 aromatic rings. The normalized spacial score (nSPS) is 22.2. The molecule has 1 aliphatic heterocycles. The van der Waals surface area contributed by atoms with Gasteiger partial charge in [-0.1, -0.05) is 12.2 Å². The lowest BCUT2D eigenvalue weighted by molar-refractivity contribution is -0.146. The van der Waals surface area contributed by atoms with Gasteiger partial charge >= 0.3 is 17.3 Å². The van der Waals surface area contributed by atoms with Crippen LogP contribution >= 0.6 is 0 Å². The maximum Gasteiger partial charge on any atom is 0.345 e. The zero-order chi connectivity index (χ0) is 12.6. The Hall–Kier alpha value is -2.05. The zero-order valence-corrected chi connectivity index (χ0v) is 9.54. The van der Waals surface area contributed by atoms with Crippen molar-refractivity contribution in [2.75, 3.05) is 6.61 Å². The highest BCUT2D eigenvalue weighted by molar-refractivity contribution is 5.76. The smallest absolute Gasteiger partial charge is 0.345 e. The lowest BCUT2D eigenvalue weighted by atomic mass is 10.2. The van der Waals surface area contributed by atoms with Crippen molar-refractivity contribution in [3.05, 3.63) is 33.1 Å². The summed E-state index contributed by atoms with van der Waals surface area (Å²) in [4.78, 5) is 36.9. The molecule has 0 aliphatic carbocycles. The zero-order valence-electron chi connectivity index (χ0n) is 9.54. The molecule has 1 aliphatic rings. The lowest BCUT2D eigenvalue weighted by Gasteiger charge is -2.23. The van der Waals surface area contributed by atoms with Crippen LogP contribution in [0.15, 0.2) is 21.7 Å². The molecule has 2 heterocycles. The van der Waals surface area contributed by atoms with E-state index in [1.165, 1.54) is 4.68 Å². The summed E-state index contributed by atoms with van der Waals surface area (Å²) in [6.45, 7) is 3.66. The monoisotopic (exact) mass is 239 g/mol. The molecular formula is C10H13N3O4. The second-order valence-electron chi connectivity index (χ2n) is 3.75. The molecule has 0 amide bonds. The standard InChI is InChI=1S/C10H13N3O4/c1-3-17-8(14)7-5-4-6(2)12-9(15)11-10(16)13(7)12/h4-7H,3H2,1-2H3,(H,11,15,16). The van der Waals surface area contributed by atoms with Crippen molar-refractivity contribution >= 4 is 5.97 Å². The van der Waals surface area contributed by atoms with Gasteiger partial charge in [0.25, 0.3) is 0 Å². The number of nitrogens with zero attached hydrogens (tertiary/aromatic N) is 2. The number of allylic oxidation sites excluding steroid dienone is 1. The molecule has 0 saturated carbocycles. The van der Waals surface area contributed by atoms with Crippen LogP contribution in [0.25, 0.3) is 0 Å². The fourth-order valence-electron chi connectivity index (χ4n) is 1.88. The Morgan fingerprint density at radius 3 is 2.65 bits per heavy atom. The summed E-state index contributed by atoms with van der Waals surface area (Å²) in [6, 6.07) is -1.15. The van der Waals surface area contributed by atoms with Crippen LogP contribution in [-0.4, -0.2) is 26.9 Å². The molecule has 92 valence electrons. The van der Waals surface area contributed by atoms with E-state index >= 15 is 0 Å². The SMILES string of the molecule is CCOC(=O)C1C=CC(C)n2c(=O)[nH]c(=O)n21. The van der Waals surface area contributed by atoms with Crippen molar-refractivity contribution in [2.45, 2.75) is 25.9 Å². The first-order valence-electron chi connectivity index (χ1n) is 5.34. The third kappa shape index (κ3) is 1.73. The molecule has 0 bridgehead atoms. The van der Waals surface area contributed by atoms with Gasteiger partial charge in [-0.2, -0.15) is 0 Å². The number of aromatic nitrogens is 3. The van der Waals surface area contributed by atoms with Crippen LogP contribution in [-0.2, 0) is 9.53 Å². The van der Waals surface area contributed by atoms with Gasteiger partial charge in [0.15, 0.2) is 6.04 Å². The van der Waals surface area contributed by atoms with E-state index in [1.54, 1.807) is 26.0 Å². The quantitative estimate of drug-likeness (QED) is 0.560. The molecule has 7 heteroatoms. The van der Waals surface area contributed by atoms with Crippen LogP contribution in [0.3, 0.4) is 0 Å². The minimum atomic E-state index is -0.877. The Morgan fingerprint density at radius 2 is 2.00 bits per heavy atom. The molecule has 0 spiro atoms. The Balaban J connectivity index is 2.54. The Kier molecular flexibility index (Phi) is 2.74. The number of H-pyrrole nitrogens is 1. The van der Waals surface area contributed by atoms with E-state index in [2.05, 4.69) is 4.98 Å². The minimum Gasteiger partial charge on any atom is -0.464 e. The number of hydrogen-bond acceptors (Lipinski definition) is 4. The number of rotatable bonds is 2. The van der Waals surface area contributed by atoms with Crippen LogP contribution in [0.5, 0.6) is 0 Å². The van der Waals surface area contributed by atoms with Gasteiger partial charge in [-0.15, -0.1) is 0 Å². The van der Waals surface area contributed by atoms with E-state index in [1.807, 2.05) is 0 Å². The lowest BCUT2D eigenvalue weighted by Crippen LogP contribution is -2.38. The first-order valence-corrected chi connectivity index (χ1v) is 5.34. The van der Waals surface area contributed by atoms with E-state index in [9.17, 15) is 14.4 Å². The maximum atomic E-state index is 11.7. The molecule has 7 nitrogen and oxygen atoms in total.